The minimum absolute atomic E-state index is 0.337. The van der Waals surface area contributed by atoms with Crippen LogP contribution in [0.5, 0.6) is 0 Å². The number of hydrogen-bond acceptors (Lipinski definition) is 2. The van der Waals surface area contributed by atoms with E-state index >= 15 is 0 Å². The predicted molar refractivity (Wildman–Crippen MR) is 72.5 cm³/mol. The zero-order valence-corrected chi connectivity index (χ0v) is 11.0. The average molecular weight is 252 g/mol. The minimum atomic E-state index is -0.859. The highest BCUT2D eigenvalue weighted by atomic mass is 32.1. The van der Waals surface area contributed by atoms with Gasteiger partial charge in [0.2, 0.25) is 0 Å². The first-order chi connectivity index (χ1) is 8.20. The Morgan fingerprint density at radius 2 is 1.94 bits per heavy atom. The summed E-state index contributed by atoms with van der Waals surface area (Å²) in [4.78, 5) is 12.0. The Morgan fingerprint density at radius 1 is 1.24 bits per heavy atom. The van der Waals surface area contributed by atoms with Gasteiger partial charge in [0.1, 0.15) is 0 Å². The van der Waals surface area contributed by atoms with Crippen LogP contribution in [-0.4, -0.2) is 11.1 Å². The van der Waals surface area contributed by atoms with Gasteiger partial charge in [-0.25, -0.2) is 4.79 Å². The molecule has 0 unspecified atom stereocenters. The zero-order valence-electron chi connectivity index (χ0n) is 10.2. The topological polar surface area (TPSA) is 37.3 Å². The highest BCUT2D eigenvalue weighted by molar-refractivity contribution is 7.09. The van der Waals surface area contributed by atoms with E-state index in [1.807, 2.05) is 11.3 Å². The Balaban J connectivity index is 1.91. The van der Waals surface area contributed by atoms with Gasteiger partial charge in [0.15, 0.2) is 0 Å². The van der Waals surface area contributed by atoms with Crippen LogP contribution in [0.1, 0.15) is 43.4 Å². The monoisotopic (exact) mass is 252 g/mol. The maximum atomic E-state index is 10.5. The van der Waals surface area contributed by atoms with Crippen LogP contribution in [0.15, 0.2) is 29.7 Å². The second-order valence-electron chi connectivity index (χ2n) is 4.26. The van der Waals surface area contributed by atoms with E-state index in [0.29, 0.717) is 12.0 Å². The number of carbonyl (C=O) groups is 1. The normalized spacial score (nSPS) is 10.4. The summed E-state index contributed by atoms with van der Waals surface area (Å²) < 4.78 is 0. The Morgan fingerprint density at radius 3 is 2.59 bits per heavy atom. The molecule has 0 aliphatic rings. The van der Waals surface area contributed by atoms with Crippen molar-refractivity contribution in [1.82, 2.24) is 0 Å². The number of hydrogen-bond donors (Lipinski definition) is 1. The van der Waals surface area contributed by atoms with E-state index in [1.54, 1.807) is 0 Å². The van der Waals surface area contributed by atoms with Crippen molar-refractivity contribution in [3.05, 3.63) is 34.5 Å². The summed E-state index contributed by atoms with van der Waals surface area (Å²) >= 11 is 1.82. The molecule has 1 aromatic heterocycles. The third-order valence-electron chi connectivity index (χ3n) is 2.78. The molecule has 0 aliphatic carbocycles. The number of aliphatic carboxylic acids is 1. The third kappa shape index (κ3) is 6.27. The van der Waals surface area contributed by atoms with Crippen LogP contribution in [0.4, 0.5) is 0 Å². The number of carboxylic acids is 1. The molecule has 0 atom stereocenters. The Labute approximate surface area is 107 Å². The lowest BCUT2D eigenvalue weighted by molar-refractivity contribution is -0.132. The van der Waals surface area contributed by atoms with E-state index in [-0.39, 0.29) is 0 Å². The lowest BCUT2D eigenvalue weighted by Gasteiger charge is -2.01. The van der Waals surface area contributed by atoms with E-state index in [2.05, 4.69) is 24.1 Å². The summed E-state index contributed by atoms with van der Waals surface area (Å²) in [6, 6.07) is 4.28. The van der Waals surface area contributed by atoms with Gasteiger partial charge in [-0.1, -0.05) is 31.9 Å². The maximum absolute atomic E-state index is 10.5. The molecule has 1 N–H and O–H groups in total. The van der Waals surface area contributed by atoms with Crippen molar-refractivity contribution in [1.29, 1.82) is 0 Å². The summed E-state index contributed by atoms with van der Waals surface area (Å²) in [5.74, 6) is -0.859. The first-order valence-electron chi connectivity index (χ1n) is 6.13. The summed E-state index contributed by atoms with van der Waals surface area (Å²) in [6.45, 7) is 3.52. The molecule has 3 heteroatoms. The van der Waals surface area contributed by atoms with Crippen molar-refractivity contribution in [2.24, 2.45) is 0 Å². The predicted octanol–water partition coefficient (Wildman–Crippen LogP) is 4.27. The van der Waals surface area contributed by atoms with Gasteiger partial charge in [-0.2, -0.15) is 0 Å². The van der Waals surface area contributed by atoms with Gasteiger partial charge in [-0.05, 0) is 37.1 Å². The summed E-state index contributed by atoms with van der Waals surface area (Å²) in [6.07, 6.45) is 7.52. The van der Waals surface area contributed by atoms with Crippen molar-refractivity contribution in [2.45, 2.75) is 44.9 Å². The molecule has 0 fully saturated rings. The fourth-order valence-corrected chi connectivity index (χ4v) is 2.48. The summed E-state index contributed by atoms with van der Waals surface area (Å²) in [5, 5.41) is 10.7. The molecule has 0 spiro atoms. The van der Waals surface area contributed by atoms with E-state index in [0.717, 1.165) is 12.8 Å². The fourth-order valence-electron chi connectivity index (χ4n) is 1.73. The first-order valence-corrected chi connectivity index (χ1v) is 7.01. The van der Waals surface area contributed by atoms with Crippen molar-refractivity contribution >= 4 is 17.3 Å². The smallest absolute Gasteiger partial charge is 0.330 e. The minimum Gasteiger partial charge on any atom is -0.478 e. The fraction of sp³-hybridized carbons (Fsp3) is 0.500. The summed E-state index contributed by atoms with van der Waals surface area (Å²) in [7, 11) is 0. The lowest BCUT2D eigenvalue weighted by Crippen LogP contribution is -1.98. The molecule has 0 aliphatic heterocycles. The van der Waals surface area contributed by atoms with Crippen LogP contribution < -0.4 is 0 Å². The molecule has 1 heterocycles. The average Bonchev–Trinajstić information content (AvgIpc) is 2.80. The van der Waals surface area contributed by atoms with E-state index in [1.165, 1.54) is 30.6 Å². The molecule has 0 saturated carbocycles. The molecule has 0 aromatic carbocycles. The molecule has 94 valence electrons. The van der Waals surface area contributed by atoms with E-state index < -0.39 is 5.97 Å². The lowest BCUT2D eigenvalue weighted by atomic mass is 10.1. The number of carboxylic acid groups (broad SMARTS) is 1. The molecule has 2 nitrogen and oxygen atoms in total. The number of thiophene rings is 1. The van der Waals surface area contributed by atoms with Crippen LogP contribution in [0, 0.1) is 0 Å². The third-order valence-corrected chi connectivity index (χ3v) is 3.72. The van der Waals surface area contributed by atoms with Gasteiger partial charge in [0.05, 0.1) is 0 Å². The van der Waals surface area contributed by atoms with Gasteiger partial charge < -0.3 is 5.11 Å². The molecule has 0 amide bonds. The van der Waals surface area contributed by atoms with Gasteiger partial charge in [0, 0.05) is 10.5 Å². The first kappa shape index (κ1) is 14.0. The number of rotatable bonds is 9. The van der Waals surface area contributed by atoms with E-state index in [4.69, 9.17) is 5.11 Å². The number of unbranched alkanes of at least 4 members (excludes halogenated alkanes) is 4. The van der Waals surface area contributed by atoms with Crippen LogP contribution in [0.2, 0.25) is 0 Å². The molecule has 1 rings (SSSR count). The molecule has 0 saturated heterocycles. The van der Waals surface area contributed by atoms with Crippen molar-refractivity contribution in [3.63, 3.8) is 0 Å². The molecule has 0 bridgehead atoms. The van der Waals surface area contributed by atoms with Crippen LogP contribution >= 0.6 is 11.3 Å². The van der Waals surface area contributed by atoms with Gasteiger partial charge in [-0.3, -0.25) is 0 Å². The highest BCUT2D eigenvalue weighted by Gasteiger charge is 2.02. The Hall–Kier alpha value is -1.09. The van der Waals surface area contributed by atoms with E-state index in [9.17, 15) is 4.79 Å². The van der Waals surface area contributed by atoms with Crippen molar-refractivity contribution < 1.29 is 9.90 Å². The van der Waals surface area contributed by atoms with Gasteiger partial charge in [-0.15, -0.1) is 11.3 Å². The zero-order chi connectivity index (χ0) is 12.5. The molecule has 0 radical (unpaired) electrons. The van der Waals surface area contributed by atoms with Gasteiger partial charge in [0.25, 0.3) is 0 Å². The SMILES string of the molecule is C=C(CCCCCCCc1cccs1)C(=O)O. The molecule has 17 heavy (non-hydrogen) atoms. The Kier molecular flexibility index (Phi) is 6.63. The van der Waals surface area contributed by atoms with Crippen molar-refractivity contribution in [3.8, 4) is 0 Å². The molecular formula is C14H20O2S. The van der Waals surface area contributed by atoms with Crippen LogP contribution in [-0.2, 0) is 11.2 Å². The molecular weight excluding hydrogens is 232 g/mol. The largest absolute Gasteiger partial charge is 0.478 e. The maximum Gasteiger partial charge on any atom is 0.330 e. The van der Waals surface area contributed by atoms with Crippen molar-refractivity contribution in [2.75, 3.05) is 0 Å². The Bertz CT molecular complexity index is 341. The number of aryl methyl sites for hydroxylation is 1. The van der Waals surface area contributed by atoms with Gasteiger partial charge >= 0.3 is 5.97 Å². The highest BCUT2D eigenvalue weighted by Crippen LogP contribution is 2.14. The quantitative estimate of drug-likeness (QED) is 0.526. The van der Waals surface area contributed by atoms with Crippen LogP contribution in [0.25, 0.3) is 0 Å². The molecule has 1 aromatic rings. The summed E-state index contributed by atoms with van der Waals surface area (Å²) in [5.41, 5.74) is 0.337. The standard InChI is InChI=1S/C14H20O2S/c1-12(14(15)16)8-5-3-2-4-6-9-13-10-7-11-17-13/h7,10-11H,1-6,8-9H2,(H,15,16). The second-order valence-corrected chi connectivity index (χ2v) is 5.29. The second kappa shape index (κ2) is 8.07. The van der Waals surface area contributed by atoms with Crippen LogP contribution in [0.3, 0.4) is 0 Å².